The van der Waals surface area contributed by atoms with E-state index in [1.54, 1.807) is 25.1 Å². The van der Waals surface area contributed by atoms with Crippen molar-refractivity contribution in [3.8, 4) is 17.2 Å². The van der Waals surface area contributed by atoms with Gasteiger partial charge in [0, 0.05) is 18.0 Å². The van der Waals surface area contributed by atoms with Crippen LogP contribution in [-0.2, 0) is 4.79 Å². The third-order valence-electron chi connectivity index (χ3n) is 3.96. The molecule has 1 atom stereocenters. The highest BCUT2D eigenvalue weighted by Crippen LogP contribution is 2.44. The molecule has 0 aromatic heterocycles. The van der Waals surface area contributed by atoms with Crippen molar-refractivity contribution in [3.63, 3.8) is 0 Å². The van der Waals surface area contributed by atoms with Gasteiger partial charge in [-0.2, -0.15) is 0 Å². The molecule has 2 aliphatic rings. The first-order valence-electron chi connectivity index (χ1n) is 7.07. The molecule has 1 amide bonds. The predicted molar refractivity (Wildman–Crippen MR) is 74.4 cm³/mol. The smallest absolute Gasteiger partial charge is 0.260 e. The molecule has 1 unspecified atom stereocenters. The zero-order valence-electron chi connectivity index (χ0n) is 11.9. The van der Waals surface area contributed by atoms with Crippen LogP contribution in [0.4, 0.5) is 0 Å². The number of carbonyl (C=O) groups excluding carboxylic acids is 1. The second-order valence-electron chi connectivity index (χ2n) is 5.65. The Morgan fingerprint density at radius 2 is 2.19 bits per heavy atom. The largest absolute Gasteiger partial charge is 0.481 e. The lowest BCUT2D eigenvalue weighted by Crippen LogP contribution is -2.40. The van der Waals surface area contributed by atoms with Crippen molar-refractivity contribution in [1.29, 1.82) is 0 Å². The summed E-state index contributed by atoms with van der Waals surface area (Å²) in [4.78, 5) is 12.0. The van der Waals surface area contributed by atoms with Crippen LogP contribution >= 0.6 is 0 Å². The fourth-order valence-corrected chi connectivity index (χ4v) is 2.19. The molecule has 6 heteroatoms. The Balaban J connectivity index is 1.53. The molecule has 0 saturated heterocycles. The number of hydrogen-bond acceptors (Lipinski definition) is 5. The van der Waals surface area contributed by atoms with Crippen LogP contribution in [0, 0.1) is 5.41 Å². The zero-order chi connectivity index (χ0) is 14.9. The lowest BCUT2D eigenvalue weighted by Gasteiger charge is -2.17. The van der Waals surface area contributed by atoms with Gasteiger partial charge >= 0.3 is 0 Å². The minimum Gasteiger partial charge on any atom is -0.481 e. The first-order chi connectivity index (χ1) is 10.1. The maximum absolute atomic E-state index is 12.0. The van der Waals surface area contributed by atoms with Crippen molar-refractivity contribution in [1.82, 2.24) is 5.32 Å². The summed E-state index contributed by atoms with van der Waals surface area (Å²) in [5.74, 6) is 1.67. The Hall–Kier alpha value is -1.95. The summed E-state index contributed by atoms with van der Waals surface area (Å²) in [6.45, 7) is 2.51. The van der Waals surface area contributed by atoms with Crippen molar-refractivity contribution in [2.24, 2.45) is 5.41 Å². The van der Waals surface area contributed by atoms with Gasteiger partial charge in [0.25, 0.3) is 5.91 Å². The standard InChI is InChI=1S/C15H19NO5/c1-10(14(18)16-7-15(8-17)4-5-15)21-11-2-3-12-13(6-11)20-9-19-12/h2-3,6,10,17H,4-5,7-9H2,1H3,(H,16,18). The number of rotatable bonds is 6. The van der Waals surface area contributed by atoms with Crippen LogP contribution in [0.1, 0.15) is 19.8 Å². The number of benzene rings is 1. The Morgan fingerprint density at radius 1 is 1.43 bits per heavy atom. The lowest BCUT2D eigenvalue weighted by molar-refractivity contribution is -0.127. The molecule has 1 aliphatic carbocycles. The van der Waals surface area contributed by atoms with E-state index < -0.39 is 6.10 Å². The molecule has 0 radical (unpaired) electrons. The van der Waals surface area contributed by atoms with Crippen molar-refractivity contribution < 1.29 is 24.1 Å². The van der Waals surface area contributed by atoms with Crippen LogP contribution in [0.3, 0.4) is 0 Å². The van der Waals surface area contributed by atoms with E-state index in [0.29, 0.717) is 23.8 Å². The average molecular weight is 293 g/mol. The number of ether oxygens (including phenoxy) is 3. The summed E-state index contributed by atoms with van der Waals surface area (Å²) >= 11 is 0. The van der Waals surface area contributed by atoms with Gasteiger partial charge in [-0.1, -0.05) is 0 Å². The quantitative estimate of drug-likeness (QED) is 0.820. The summed E-state index contributed by atoms with van der Waals surface area (Å²) in [7, 11) is 0. The van der Waals surface area contributed by atoms with Crippen molar-refractivity contribution >= 4 is 5.91 Å². The Labute approximate surface area is 123 Å². The van der Waals surface area contributed by atoms with E-state index in [4.69, 9.17) is 14.2 Å². The number of fused-ring (bicyclic) bond motifs is 1. The molecule has 1 heterocycles. The lowest BCUT2D eigenvalue weighted by atomic mass is 10.1. The molecule has 1 fully saturated rings. The highest BCUT2D eigenvalue weighted by Gasteiger charge is 2.42. The third-order valence-corrected chi connectivity index (χ3v) is 3.96. The molecule has 1 aromatic rings. The van der Waals surface area contributed by atoms with E-state index in [2.05, 4.69) is 5.32 Å². The first kappa shape index (κ1) is 14.0. The Bertz CT molecular complexity index is 541. The number of amides is 1. The van der Waals surface area contributed by atoms with E-state index in [1.807, 2.05) is 0 Å². The van der Waals surface area contributed by atoms with Gasteiger partial charge in [-0.3, -0.25) is 4.79 Å². The summed E-state index contributed by atoms with van der Waals surface area (Å²) in [5, 5.41) is 12.1. The summed E-state index contributed by atoms with van der Waals surface area (Å²) in [6.07, 6.45) is 1.31. The summed E-state index contributed by atoms with van der Waals surface area (Å²) in [6, 6.07) is 5.21. The van der Waals surface area contributed by atoms with Crippen LogP contribution in [-0.4, -0.2) is 37.1 Å². The van der Waals surface area contributed by atoms with Gasteiger partial charge in [-0.15, -0.1) is 0 Å². The Kier molecular flexibility index (Phi) is 3.63. The topological polar surface area (TPSA) is 77.0 Å². The second kappa shape index (κ2) is 5.44. The first-order valence-corrected chi connectivity index (χ1v) is 7.07. The van der Waals surface area contributed by atoms with E-state index >= 15 is 0 Å². The molecule has 2 N–H and O–H groups in total. The molecule has 21 heavy (non-hydrogen) atoms. The Morgan fingerprint density at radius 3 is 2.90 bits per heavy atom. The van der Waals surface area contributed by atoms with Gasteiger partial charge in [0.2, 0.25) is 6.79 Å². The third kappa shape index (κ3) is 3.05. The van der Waals surface area contributed by atoms with Crippen LogP contribution in [0.25, 0.3) is 0 Å². The van der Waals surface area contributed by atoms with Gasteiger partial charge in [0.05, 0.1) is 6.61 Å². The van der Waals surface area contributed by atoms with Gasteiger partial charge in [-0.05, 0) is 31.9 Å². The van der Waals surface area contributed by atoms with E-state index in [9.17, 15) is 9.90 Å². The second-order valence-corrected chi connectivity index (χ2v) is 5.65. The van der Waals surface area contributed by atoms with E-state index in [1.165, 1.54) is 0 Å². The molecule has 0 bridgehead atoms. The van der Waals surface area contributed by atoms with Crippen molar-refractivity contribution in [2.45, 2.75) is 25.9 Å². The fraction of sp³-hybridized carbons (Fsp3) is 0.533. The minimum atomic E-state index is -0.611. The van der Waals surface area contributed by atoms with Crippen molar-refractivity contribution in [3.05, 3.63) is 18.2 Å². The molecule has 1 aromatic carbocycles. The van der Waals surface area contributed by atoms with E-state index in [-0.39, 0.29) is 24.7 Å². The van der Waals surface area contributed by atoms with Crippen molar-refractivity contribution in [2.75, 3.05) is 19.9 Å². The van der Waals surface area contributed by atoms with Crippen LogP contribution in [0.2, 0.25) is 0 Å². The maximum atomic E-state index is 12.0. The van der Waals surface area contributed by atoms with Crippen LogP contribution in [0.5, 0.6) is 17.2 Å². The summed E-state index contributed by atoms with van der Waals surface area (Å²) < 4.78 is 16.1. The monoisotopic (exact) mass is 293 g/mol. The molecular formula is C15H19NO5. The van der Waals surface area contributed by atoms with Gasteiger partial charge in [-0.25, -0.2) is 0 Å². The predicted octanol–water partition coefficient (Wildman–Crippen LogP) is 1.07. The SMILES string of the molecule is CC(Oc1ccc2c(c1)OCO2)C(=O)NCC1(CO)CC1. The van der Waals surface area contributed by atoms with Gasteiger partial charge in [0.15, 0.2) is 17.6 Å². The molecule has 1 saturated carbocycles. The minimum absolute atomic E-state index is 0.103. The number of aliphatic hydroxyl groups is 1. The van der Waals surface area contributed by atoms with Gasteiger partial charge in [0.1, 0.15) is 5.75 Å². The highest BCUT2D eigenvalue weighted by molar-refractivity contribution is 5.80. The molecule has 1 aliphatic heterocycles. The fourth-order valence-electron chi connectivity index (χ4n) is 2.19. The molecule has 3 rings (SSSR count). The number of nitrogens with one attached hydrogen (secondary N) is 1. The van der Waals surface area contributed by atoms with Crippen LogP contribution < -0.4 is 19.5 Å². The normalized spacial score (nSPS) is 19.0. The van der Waals surface area contributed by atoms with Crippen LogP contribution in [0.15, 0.2) is 18.2 Å². The molecule has 6 nitrogen and oxygen atoms in total. The van der Waals surface area contributed by atoms with Gasteiger partial charge < -0.3 is 24.6 Å². The molecule has 0 spiro atoms. The number of aliphatic hydroxyl groups excluding tert-OH is 1. The van der Waals surface area contributed by atoms with E-state index in [0.717, 1.165) is 12.8 Å². The number of carbonyl (C=O) groups is 1. The maximum Gasteiger partial charge on any atom is 0.260 e. The zero-order valence-corrected chi connectivity index (χ0v) is 11.9. The average Bonchev–Trinajstić information content (AvgIpc) is 3.13. The molecular weight excluding hydrogens is 274 g/mol. The highest BCUT2D eigenvalue weighted by atomic mass is 16.7. The number of hydrogen-bond donors (Lipinski definition) is 2. The summed E-state index contributed by atoms with van der Waals surface area (Å²) in [5.41, 5.74) is -0.103. The molecule has 114 valence electrons.